The minimum Gasteiger partial charge on any atom is -0.399 e. The van der Waals surface area contributed by atoms with Gasteiger partial charge in [0.1, 0.15) is 0 Å². The lowest BCUT2D eigenvalue weighted by Gasteiger charge is -2.40. The molecule has 0 radical (unpaired) electrons. The van der Waals surface area contributed by atoms with Crippen LogP contribution in [0.15, 0.2) is 23.1 Å². The highest BCUT2D eigenvalue weighted by Gasteiger charge is 2.42. The molecule has 1 aromatic carbocycles. The molecule has 0 aliphatic carbocycles. The number of anilines is 1. The van der Waals surface area contributed by atoms with E-state index in [-0.39, 0.29) is 30.3 Å². The number of ether oxygens (including phenoxy) is 1. The number of nitro groups is 1. The molecular weight excluding hydrogens is 298 g/mol. The molecule has 0 bridgehead atoms. The van der Waals surface area contributed by atoms with Gasteiger partial charge in [0.2, 0.25) is 0 Å². The van der Waals surface area contributed by atoms with Crippen LogP contribution in [0.3, 0.4) is 0 Å². The maximum Gasteiger partial charge on any atom is 0.289 e. The minimum absolute atomic E-state index is 0.140. The molecule has 0 aromatic heterocycles. The molecule has 0 spiro atoms. The van der Waals surface area contributed by atoms with Crippen LogP contribution < -0.4 is 5.73 Å². The van der Waals surface area contributed by atoms with Gasteiger partial charge in [-0.05, 0) is 26.0 Å². The molecule has 21 heavy (non-hydrogen) atoms. The lowest BCUT2D eigenvalue weighted by molar-refractivity contribution is -0.387. The molecule has 8 nitrogen and oxygen atoms in total. The van der Waals surface area contributed by atoms with Crippen molar-refractivity contribution in [3.63, 3.8) is 0 Å². The van der Waals surface area contributed by atoms with Crippen LogP contribution in [0.1, 0.15) is 13.8 Å². The average Bonchev–Trinajstić information content (AvgIpc) is 2.37. The van der Waals surface area contributed by atoms with Crippen molar-refractivity contribution in [1.29, 1.82) is 0 Å². The number of nitrogens with two attached hydrogens (primary N) is 1. The first-order chi connectivity index (χ1) is 9.66. The highest BCUT2D eigenvalue weighted by atomic mass is 32.2. The SMILES string of the molecule is CC1(C)COCCN1S(=O)(=O)c1cc(N)ccc1[N+](=O)[O-]. The Labute approximate surface area is 122 Å². The molecule has 1 aliphatic rings. The Hall–Kier alpha value is -1.71. The van der Waals surface area contributed by atoms with Crippen molar-refractivity contribution in [2.24, 2.45) is 0 Å². The van der Waals surface area contributed by atoms with Gasteiger partial charge in [0.25, 0.3) is 15.7 Å². The van der Waals surface area contributed by atoms with Gasteiger partial charge in [-0.15, -0.1) is 0 Å². The molecule has 116 valence electrons. The third-order valence-electron chi connectivity index (χ3n) is 3.32. The van der Waals surface area contributed by atoms with Crippen molar-refractivity contribution in [3.05, 3.63) is 28.3 Å². The second kappa shape index (κ2) is 5.24. The topological polar surface area (TPSA) is 116 Å². The summed E-state index contributed by atoms with van der Waals surface area (Å²) >= 11 is 0. The van der Waals surface area contributed by atoms with Gasteiger partial charge in [0.15, 0.2) is 4.90 Å². The predicted molar refractivity (Wildman–Crippen MR) is 76.3 cm³/mol. The highest BCUT2D eigenvalue weighted by Crippen LogP contribution is 2.33. The second-order valence-electron chi connectivity index (χ2n) is 5.43. The fourth-order valence-corrected chi connectivity index (χ4v) is 4.24. The van der Waals surface area contributed by atoms with Crippen LogP contribution in [-0.4, -0.2) is 42.9 Å². The molecule has 2 rings (SSSR count). The summed E-state index contributed by atoms with van der Waals surface area (Å²) in [4.78, 5) is 9.97. The fourth-order valence-electron chi connectivity index (χ4n) is 2.30. The van der Waals surface area contributed by atoms with Crippen LogP contribution >= 0.6 is 0 Å². The molecular formula is C12H17N3O5S. The Bertz CT molecular complexity index is 671. The molecule has 0 unspecified atom stereocenters. The maximum atomic E-state index is 12.8. The summed E-state index contributed by atoms with van der Waals surface area (Å²) in [6.07, 6.45) is 0. The second-order valence-corrected chi connectivity index (χ2v) is 7.26. The maximum absolute atomic E-state index is 12.8. The molecule has 9 heteroatoms. The van der Waals surface area contributed by atoms with Crippen molar-refractivity contribution in [3.8, 4) is 0 Å². The van der Waals surface area contributed by atoms with Gasteiger partial charge < -0.3 is 10.5 Å². The third kappa shape index (κ3) is 2.85. The Balaban J connectivity index is 2.59. The van der Waals surface area contributed by atoms with Crippen LogP contribution in [-0.2, 0) is 14.8 Å². The Morgan fingerprint density at radius 3 is 2.67 bits per heavy atom. The molecule has 0 atom stereocenters. The van der Waals surface area contributed by atoms with E-state index in [1.54, 1.807) is 13.8 Å². The van der Waals surface area contributed by atoms with Crippen LogP contribution in [0.2, 0.25) is 0 Å². The number of morpholine rings is 1. The van der Waals surface area contributed by atoms with E-state index in [1.165, 1.54) is 10.4 Å². The van der Waals surface area contributed by atoms with Crippen molar-refractivity contribution in [2.75, 3.05) is 25.5 Å². The monoisotopic (exact) mass is 315 g/mol. The van der Waals surface area contributed by atoms with E-state index in [2.05, 4.69) is 0 Å². The summed E-state index contributed by atoms with van der Waals surface area (Å²) < 4.78 is 32.1. The average molecular weight is 315 g/mol. The number of sulfonamides is 1. The largest absolute Gasteiger partial charge is 0.399 e. The minimum atomic E-state index is -4.04. The molecule has 1 aromatic rings. The Morgan fingerprint density at radius 2 is 2.10 bits per heavy atom. The van der Waals surface area contributed by atoms with Gasteiger partial charge in [0, 0.05) is 18.3 Å². The summed E-state index contributed by atoms with van der Waals surface area (Å²) in [5.41, 5.74) is 4.49. The van der Waals surface area contributed by atoms with Crippen LogP contribution in [0.5, 0.6) is 0 Å². The van der Waals surface area contributed by atoms with Gasteiger partial charge in [-0.1, -0.05) is 0 Å². The van der Waals surface area contributed by atoms with E-state index < -0.39 is 26.2 Å². The quantitative estimate of drug-likeness (QED) is 0.505. The van der Waals surface area contributed by atoms with Crippen molar-refractivity contribution < 1.29 is 18.1 Å². The number of nitro benzene ring substituents is 1. The smallest absolute Gasteiger partial charge is 0.289 e. The lowest BCUT2D eigenvalue weighted by atomic mass is 10.1. The van der Waals surface area contributed by atoms with Crippen molar-refractivity contribution >= 4 is 21.4 Å². The van der Waals surface area contributed by atoms with E-state index in [0.717, 1.165) is 12.1 Å². The van der Waals surface area contributed by atoms with Gasteiger partial charge in [-0.25, -0.2) is 8.42 Å². The molecule has 0 amide bonds. The summed E-state index contributed by atoms with van der Waals surface area (Å²) in [6, 6.07) is 3.54. The zero-order valence-corrected chi connectivity index (χ0v) is 12.6. The van der Waals surface area contributed by atoms with Gasteiger partial charge >= 0.3 is 0 Å². The van der Waals surface area contributed by atoms with Crippen LogP contribution in [0.4, 0.5) is 11.4 Å². The first kappa shape index (κ1) is 15.7. The van der Waals surface area contributed by atoms with Crippen molar-refractivity contribution in [2.45, 2.75) is 24.3 Å². The molecule has 2 N–H and O–H groups in total. The number of hydrogen-bond acceptors (Lipinski definition) is 6. The summed E-state index contributed by atoms with van der Waals surface area (Å²) in [5, 5.41) is 11.1. The Kier molecular flexibility index (Phi) is 3.91. The zero-order valence-electron chi connectivity index (χ0n) is 11.8. The first-order valence-electron chi connectivity index (χ1n) is 6.31. The zero-order chi connectivity index (χ0) is 15.8. The van der Waals surface area contributed by atoms with Crippen molar-refractivity contribution in [1.82, 2.24) is 4.31 Å². The molecule has 1 saturated heterocycles. The van der Waals surface area contributed by atoms with Gasteiger partial charge in [-0.3, -0.25) is 10.1 Å². The molecule has 0 saturated carbocycles. The van der Waals surface area contributed by atoms with E-state index in [4.69, 9.17) is 10.5 Å². The normalized spacial score (nSPS) is 19.3. The Morgan fingerprint density at radius 1 is 1.43 bits per heavy atom. The number of nitrogen functional groups attached to an aromatic ring is 1. The third-order valence-corrected chi connectivity index (χ3v) is 5.46. The fraction of sp³-hybridized carbons (Fsp3) is 0.500. The van der Waals surface area contributed by atoms with E-state index in [9.17, 15) is 18.5 Å². The molecule has 1 heterocycles. The standard InChI is InChI=1S/C12H17N3O5S/c1-12(2)8-20-6-5-14(12)21(18,19)11-7-9(13)3-4-10(11)15(16)17/h3-4,7H,5-6,8,13H2,1-2H3. The number of nitrogens with zero attached hydrogens (tertiary/aromatic N) is 2. The number of hydrogen-bond donors (Lipinski definition) is 1. The number of rotatable bonds is 3. The van der Waals surface area contributed by atoms with E-state index in [0.29, 0.717) is 0 Å². The molecule has 1 aliphatic heterocycles. The lowest BCUT2D eigenvalue weighted by Crippen LogP contribution is -2.55. The predicted octanol–water partition coefficient (Wildman–Crippen LogP) is 0.976. The van der Waals surface area contributed by atoms with Gasteiger partial charge in [0.05, 0.1) is 23.7 Å². The number of benzene rings is 1. The summed E-state index contributed by atoms with van der Waals surface area (Å²) in [6.45, 7) is 4.03. The van der Waals surface area contributed by atoms with E-state index in [1.807, 2.05) is 0 Å². The summed E-state index contributed by atoms with van der Waals surface area (Å²) in [7, 11) is -4.04. The first-order valence-corrected chi connectivity index (χ1v) is 7.75. The summed E-state index contributed by atoms with van der Waals surface area (Å²) in [5.74, 6) is 0. The van der Waals surface area contributed by atoms with E-state index >= 15 is 0 Å². The van der Waals surface area contributed by atoms with Gasteiger partial charge in [-0.2, -0.15) is 4.31 Å². The molecule has 1 fully saturated rings. The highest BCUT2D eigenvalue weighted by molar-refractivity contribution is 7.89. The van der Waals surface area contributed by atoms with Crippen LogP contribution in [0, 0.1) is 10.1 Å². The van der Waals surface area contributed by atoms with Crippen LogP contribution in [0.25, 0.3) is 0 Å².